The van der Waals surface area contributed by atoms with Gasteiger partial charge < -0.3 is 15.0 Å². The van der Waals surface area contributed by atoms with Gasteiger partial charge in [0, 0.05) is 22.5 Å². The highest BCUT2D eigenvalue weighted by Gasteiger charge is 2.45. The van der Waals surface area contributed by atoms with Gasteiger partial charge in [-0.3, -0.25) is 4.79 Å². The zero-order chi connectivity index (χ0) is 19.9. The second-order valence-electron chi connectivity index (χ2n) is 7.41. The van der Waals surface area contributed by atoms with Gasteiger partial charge in [-0.05, 0) is 48.7 Å². The summed E-state index contributed by atoms with van der Waals surface area (Å²) in [6.45, 7) is 2.09. The molecule has 3 aromatic rings. The molecule has 1 saturated carbocycles. The van der Waals surface area contributed by atoms with Gasteiger partial charge in [0.25, 0.3) is 0 Å². The number of fused-ring (bicyclic) bond motifs is 1. The molecule has 1 aromatic heterocycles. The molecule has 0 bridgehead atoms. The Bertz CT molecular complexity index is 1020. The molecule has 1 amide bonds. The van der Waals surface area contributed by atoms with Crippen molar-refractivity contribution in [2.24, 2.45) is 5.41 Å². The topological polar surface area (TPSA) is 54.1 Å². The lowest BCUT2D eigenvalue weighted by molar-refractivity contribution is -0.137. The Labute approximate surface area is 159 Å². The fraction of sp³-hybridized carbons (Fsp3) is 0.286. The lowest BCUT2D eigenvalue weighted by Gasteiger charge is -2.10. The molecule has 0 radical (unpaired) electrons. The Kier molecular flexibility index (Phi) is 4.33. The molecule has 1 aliphatic carbocycles. The van der Waals surface area contributed by atoms with Gasteiger partial charge in [0.15, 0.2) is 0 Å². The van der Waals surface area contributed by atoms with Crippen LogP contribution in [-0.4, -0.2) is 10.9 Å². The second kappa shape index (κ2) is 6.58. The van der Waals surface area contributed by atoms with Crippen molar-refractivity contribution in [1.82, 2.24) is 4.98 Å². The van der Waals surface area contributed by atoms with Crippen LogP contribution in [0.3, 0.4) is 0 Å². The van der Waals surface area contributed by atoms with E-state index in [1.54, 1.807) is 18.3 Å². The van der Waals surface area contributed by atoms with Crippen molar-refractivity contribution < 1.29 is 22.7 Å². The van der Waals surface area contributed by atoms with Crippen molar-refractivity contribution in [3.05, 3.63) is 59.8 Å². The Morgan fingerprint density at radius 3 is 2.54 bits per heavy atom. The lowest BCUT2D eigenvalue weighted by atomic mass is 10.1. The normalized spacial score (nSPS) is 15.4. The molecule has 0 saturated heterocycles. The van der Waals surface area contributed by atoms with Gasteiger partial charge in [0.1, 0.15) is 12.4 Å². The van der Waals surface area contributed by atoms with Crippen LogP contribution in [0.1, 0.15) is 30.9 Å². The van der Waals surface area contributed by atoms with Gasteiger partial charge >= 0.3 is 6.18 Å². The van der Waals surface area contributed by atoms with E-state index in [0.717, 1.165) is 35.9 Å². The van der Waals surface area contributed by atoms with Gasteiger partial charge in [-0.25, -0.2) is 0 Å². The monoisotopic (exact) mass is 388 g/mol. The number of H-pyrrole nitrogens is 1. The van der Waals surface area contributed by atoms with E-state index in [-0.39, 0.29) is 17.9 Å². The van der Waals surface area contributed by atoms with Gasteiger partial charge in [-0.15, -0.1) is 0 Å². The fourth-order valence-electron chi connectivity index (χ4n) is 2.94. The number of carbonyl (C=O) groups excluding carboxylic acids is 1. The number of carbonyl (C=O) groups is 1. The first-order chi connectivity index (χ1) is 13.2. The average Bonchev–Trinajstić information content (AvgIpc) is 3.30. The molecule has 4 nitrogen and oxygen atoms in total. The molecule has 0 atom stereocenters. The molecule has 1 heterocycles. The maximum absolute atomic E-state index is 12.6. The molecule has 0 aliphatic heterocycles. The smallest absolute Gasteiger partial charge is 0.416 e. The number of aromatic amines is 1. The number of nitrogens with one attached hydrogen (secondary N) is 2. The first kappa shape index (κ1) is 18.4. The van der Waals surface area contributed by atoms with Crippen LogP contribution in [0.25, 0.3) is 10.9 Å². The molecule has 0 unspecified atom stereocenters. The number of anilines is 1. The number of hydrogen-bond donors (Lipinski definition) is 2. The van der Waals surface area contributed by atoms with Crippen molar-refractivity contribution in [2.45, 2.75) is 32.5 Å². The minimum absolute atomic E-state index is 0.00414. The molecule has 7 heteroatoms. The zero-order valence-corrected chi connectivity index (χ0v) is 15.2. The summed E-state index contributed by atoms with van der Waals surface area (Å²) in [7, 11) is 0. The van der Waals surface area contributed by atoms with E-state index >= 15 is 0 Å². The third-order valence-corrected chi connectivity index (χ3v) is 5.14. The number of amides is 1. The summed E-state index contributed by atoms with van der Waals surface area (Å²) in [6, 6.07) is 10.3. The van der Waals surface area contributed by atoms with Gasteiger partial charge in [0.2, 0.25) is 5.91 Å². The first-order valence-corrected chi connectivity index (χ1v) is 8.96. The predicted octanol–water partition coefficient (Wildman–Crippen LogP) is 5.50. The van der Waals surface area contributed by atoms with E-state index in [1.165, 1.54) is 12.1 Å². The minimum Gasteiger partial charge on any atom is -0.489 e. The maximum Gasteiger partial charge on any atom is 0.416 e. The molecule has 1 aliphatic rings. The maximum atomic E-state index is 12.6. The standard InChI is InChI=1S/C21H19F3N2O2/c1-20(8-9-20)19(27)26-18-11-25-17-7-6-15(10-16(17)18)28-12-13-2-4-14(5-3-13)21(22,23)24/h2-7,10-11,25H,8-9,12H2,1H3,(H,26,27). The van der Waals surface area contributed by atoms with Crippen LogP contribution < -0.4 is 10.1 Å². The molecular formula is C21H19F3N2O2. The third-order valence-electron chi connectivity index (χ3n) is 5.14. The van der Waals surface area contributed by atoms with Crippen LogP contribution in [-0.2, 0) is 17.6 Å². The predicted molar refractivity (Wildman–Crippen MR) is 100 cm³/mol. The summed E-state index contributed by atoms with van der Waals surface area (Å²) >= 11 is 0. The van der Waals surface area contributed by atoms with Crippen molar-refractivity contribution in [3.8, 4) is 5.75 Å². The number of benzene rings is 2. The number of rotatable bonds is 5. The summed E-state index contributed by atoms with van der Waals surface area (Å²) < 4.78 is 43.6. The third kappa shape index (κ3) is 3.69. The highest BCUT2D eigenvalue weighted by molar-refractivity contribution is 6.04. The van der Waals surface area contributed by atoms with Crippen LogP contribution in [0.4, 0.5) is 18.9 Å². The summed E-state index contributed by atoms with van der Waals surface area (Å²) in [5.74, 6) is 0.574. The molecule has 1 fully saturated rings. The summed E-state index contributed by atoms with van der Waals surface area (Å²) in [6.07, 6.45) is -0.823. The highest BCUT2D eigenvalue weighted by atomic mass is 19.4. The van der Waals surface area contributed by atoms with Crippen molar-refractivity contribution in [2.75, 3.05) is 5.32 Å². The molecule has 2 aromatic carbocycles. The SMILES string of the molecule is CC1(C(=O)Nc2c[nH]c3ccc(OCc4ccc(C(F)(F)F)cc4)cc23)CC1. The molecular weight excluding hydrogens is 369 g/mol. The number of halogens is 3. The van der Waals surface area contributed by atoms with E-state index in [9.17, 15) is 18.0 Å². The van der Waals surface area contributed by atoms with E-state index in [2.05, 4.69) is 10.3 Å². The Hall–Kier alpha value is -2.96. The van der Waals surface area contributed by atoms with Crippen LogP contribution in [0.5, 0.6) is 5.75 Å². The molecule has 4 rings (SSSR count). The Morgan fingerprint density at radius 1 is 1.18 bits per heavy atom. The van der Waals surface area contributed by atoms with Crippen molar-refractivity contribution in [3.63, 3.8) is 0 Å². The molecule has 0 spiro atoms. The largest absolute Gasteiger partial charge is 0.489 e. The van der Waals surface area contributed by atoms with Crippen molar-refractivity contribution in [1.29, 1.82) is 0 Å². The minimum atomic E-state index is -4.35. The molecule has 2 N–H and O–H groups in total. The summed E-state index contributed by atoms with van der Waals surface area (Å²) in [5, 5.41) is 3.78. The van der Waals surface area contributed by atoms with Crippen molar-refractivity contribution >= 4 is 22.5 Å². The lowest BCUT2D eigenvalue weighted by Crippen LogP contribution is -2.21. The summed E-state index contributed by atoms with van der Waals surface area (Å²) in [4.78, 5) is 15.4. The quantitative estimate of drug-likeness (QED) is 0.606. The Balaban J connectivity index is 1.47. The fourth-order valence-corrected chi connectivity index (χ4v) is 2.94. The van der Waals surface area contributed by atoms with Crippen LogP contribution in [0.2, 0.25) is 0 Å². The highest BCUT2D eigenvalue weighted by Crippen LogP contribution is 2.46. The average molecular weight is 388 g/mol. The second-order valence-corrected chi connectivity index (χ2v) is 7.41. The van der Waals surface area contributed by atoms with Crippen LogP contribution in [0, 0.1) is 5.41 Å². The van der Waals surface area contributed by atoms with Gasteiger partial charge in [-0.2, -0.15) is 13.2 Å². The number of ether oxygens (including phenoxy) is 1. The van der Waals surface area contributed by atoms with Crippen LogP contribution in [0.15, 0.2) is 48.7 Å². The summed E-state index contributed by atoms with van der Waals surface area (Å²) in [5.41, 5.74) is 1.22. The van der Waals surface area contributed by atoms with E-state index in [1.807, 2.05) is 13.0 Å². The zero-order valence-electron chi connectivity index (χ0n) is 15.2. The van der Waals surface area contributed by atoms with E-state index in [4.69, 9.17) is 4.74 Å². The Morgan fingerprint density at radius 2 is 1.89 bits per heavy atom. The van der Waals surface area contributed by atoms with Gasteiger partial charge in [-0.1, -0.05) is 19.1 Å². The number of aromatic nitrogens is 1. The van der Waals surface area contributed by atoms with E-state index < -0.39 is 11.7 Å². The van der Waals surface area contributed by atoms with Gasteiger partial charge in [0.05, 0.1) is 11.3 Å². The first-order valence-electron chi connectivity index (χ1n) is 8.96. The molecule has 28 heavy (non-hydrogen) atoms. The number of hydrogen-bond acceptors (Lipinski definition) is 2. The number of alkyl halides is 3. The molecule has 146 valence electrons. The van der Waals surface area contributed by atoms with E-state index in [0.29, 0.717) is 17.0 Å². The van der Waals surface area contributed by atoms with Crippen LogP contribution >= 0.6 is 0 Å².